The van der Waals surface area contributed by atoms with Crippen molar-refractivity contribution in [2.45, 2.75) is 13.3 Å². The zero-order chi connectivity index (χ0) is 12.6. The van der Waals surface area contributed by atoms with Crippen molar-refractivity contribution < 1.29 is 18.6 Å². The first-order valence-corrected chi connectivity index (χ1v) is 6.43. The van der Waals surface area contributed by atoms with Crippen molar-refractivity contribution in [2.75, 3.05) is 4.31 Å². The summed E-state index contributed by atoms with van der Waals surface area (Å²) in [5, 5.41) is 18.9. The fourth-order valence-electron chi connectivity index (χ4n) is 1.56. The van der Waals surface area contributed by atoms with Crippen molar-refractivity contribution in [3.8, 4) is 5.75 Å². The van der Waals surface area contributed by atoms with E-state index in [4.69, 9.17) is 5.11 Å². The lowest BCUT2D eigenvalue weighted by atomic mass is 10.1. The maximum Gasteiger partial charge on any atom is 0.330 e. The molecular formula is C10H12N2O4S. The molecule has 0 aromatic heterocycles. The van der Waals surface area contributed by atoms with Crippen molar-refractivity contribution in [3.05, 3.63) is 35.8 Å². The molecule has 7 heteroatoms. The van der Waals surface area contributed by atoms with Crippen LogP contribution in [0.2, 0.25) is 0 Å². The monoisotopic (exact) mass is 256 g/mol. The molecule has 0 fully saturated rings. The molecule has 0 atom stereocenters. The Morgan fingerprint density at radius 2 is 2.06 bits per heavy atom. The number of hydrogen-bond donors (Lipinski definition) is 3. The predicted molar refractivity (Wildman–Crippen MR) is 62.7 cm³/mol. The molecule has 1 aliphatic heterocycles. The molecule has 92 valence electrons. The summed E-state index contributed by atoms with van der Waals surface area (Å²) in [7, 11) is -3.85. The summed E-state index contributed by atoms with van der Waals surface area (Å²) in [5.41, 5.74) is 0.989. The lowest BCUT2D eigenvalue weighted by Crippen LogP contribution is -2.29. The Kier molecular flexibility index (Phi) is 2.62. The van der Waals surface area contributed by atoms with Crippen LogP contribution < -0.4 is 9.03 Å². The Labute approximate surface area is 99.0 Å². The fraction of sp³-hybridized carbons (Fsp3) is 0.200. The quantitative estimate of drug-likeness (QED) is 0.735. The number of phenolic OH excluding ortho intramolecular Hbond substituents is 1. The molecule has 3 N–H and O–H groups in total. The van der Waals surface area contributed by atoms with Crippen molar-refractivity contribution in [1.82, 2.24) is 4.72 Å². The molecule has 0 unspecified atom stereocenters. The maximum atomic E-state index is 11.6. The van der Waals surface area contributed by atoms with Gasteiger partial charge in [-0.25, -0.2) is 9.03 Å². The second kappa shape index (κ2) is 3.85. The average Bonchev–Trinajstić information content (AvgIpc) is 2.51. The van der Waals surface area contributed by atoms with E-state index < -0.39 is 16.1 Å². The number of nitrogens with zero attached hydrogens (tertiary/aromatic N) is 1. The van der Waals surface area contributed by atoms with E-state index >= 15 is 0 Å². The van der Waals surface area contributed by atoms with E-state index in [9.17, 15) is 13.5 Å². The van der Waals surface area contributed by atoms with Crippen molar-refractivity contribution >= 4 is 15.9 Å². The van der Waals surface area contributed by atoms with Crippen LogP contribution >= 0.6 is 0 Å². The highest BCUT2D eigenvalue weighted by Crippen LogP contribution is 2.32. The summed E-state index contributed by atoms with van der Waals surface area (Å²) >= 11 is 0. The van der Waals surface area contributed by atoms with Gasteiger partial charge in [0.25, 0.3) is 0 Å². The number of aryl methyl sites for hydroxylation is 1. The van der Waals surface area contributed by atoms with Gasteiger partial charge in [-0.3, -0.25) is 0 Å². The van der Waals surface area contributed by atoms with Gasteiger partial charge in [-0.05, 0) is 24.1 Å². The zero-order valence-corrected chi connectivity index (χ0v) is 9.90. The van der Waals surface area contributed by atoms with Gasteiger partial charge in [-0.15, -0.1) is 0 Å². The van der Waals surface area contributed by atoms with Crippen LogP contribution in [0, 0.1) is 0 Å². The van der Waals surface area contributed by atoms with Crippen LogP contribution in [0.1, 0.15) is 12.5 Å². The average molecular weight is 256 g/mol. The van der Waals surface area contributed by atoms with Crippen LogP contribution in [0.3, 0.4) is 0 Å². The van der Waals surface area contributed by atoms with E-state index in [0.29, 0.717) is 0 Å². The Hall–Kier alpha value is -1.89. The number of anilines is 1. The van der Waals surface area contributed by atoms with Crippen LogP contribution in [0.4, 0.5) is 5.69 Å². The number of nitrogens with one attached hydrogen (secondary N) is 1. The second-order valence-corrected chi connectivity index (χ2v) is 5.14. The summed E-state index contributed by atoms with van der Waals surface area (Å²) in [4.78, 5) is 0. The van der Waals surface area contributed by atoms with Gasteiger partial charge in [0.2, 0.25) is 5.88 Å². The van der Waals surface area contributed by atoms with E-state index in [1.807, 2.05) is 11.6 Å². The van der Waals surface area contributed by atoms with Gasteiger partial charge in [-0.2, -0.15) is 8.42 Å². The molecule has 17 heavy (non-hydrogen) atoms. The Balaban J connectivity index is 2.48. The summed E-state index contributed by atoms with van der Waals surface area (Å²) in [6, 6.07) is 4.70. The third-order valence-corrected chi connectivity index (χ3v) is 3.70. The minimum atomic E-state index is -3.85. The number of aromatic hydroxyl groups is 1. The fourth-order valence-corrected chi connectivity index (χ4v) is 2.63. The molecule has 1 aromatic carbocycles. The summed E-state index contributed by atoms with van der Waals surface area (Å²) in [6.45, 7) is 1.92. The Morgan fingerprint density at radius 3 is 2.53 bits per heavy atom. The van der Waals surface area contributed by atoms with Crippen molar-refractivity contribution in [1.29, 1.82) is 0 Å². The number of phenols is 1. The zero-order valence-electron chi connectivity index (χ0n) is 9.08. The number of rotatable bonds is 2. The highest BCUT2D eigenvalue weighted by Gasteiger charge is 2.30. The molecule has 2 rings (SSSR count). The van der Waals surface area contributed by atoms with Gasteiger partial charge in [0.15, 0.2) is 0 Å². The molecule has 0 bridgehead atoms. The normalized spacial score (nSPS) is 17.7. The minimum absolute atomic E-state index is 0.0961. The standard InChI is InChI=1S/C10H12N2O4S/c1-2-7-3-4-8(9(13)5-7)12-6-10(14)11-17(12,15)16/h3-6,11,13-14H,2H2,1H3. The highest BCUT2D eigenvalue weighted by molar-refractivity contribution is 7.91. The van der Waals surface area contributed by atoms with Gasteiger partial charge >= 0.3 is 10.2 Å². The van der Waals surface area contributed by atoms with Crippen LogP contribution in [0.5, 0.6) is 5.75 Å². The Bertz CT molecular complexity index is 580. The number of aliphatic hydroxyl groups is 1. The van der Waals surface area contributed by atoms with E-state index in [1.54, 1.807) is 6.07 Å². The third kappa shape index (κ3) is 2.01. The van der Waals surface area contributed by atoms with Crippen molar-refractivity contribution in [3.63, 3.8) is 0 Å². The SMILES string of the molecule is CCc1ccc(N2C=C(O)NS2(=O)=O)c(O)c1. The summed E-state index contributed by atoms with van der Waals surface area (Å²) in [5.74, 6) is -0.635. The van der Waals surface area contributed by atoms with Gasteiger partial charge < -0.3 is 10.2 Å². The van der Waals surface area contributed by atoms with Crippen LogP contribution in [-0.4, -0.2) is 18.6 Å². The van der Waals surface area contributed by atoms with Crippen LogP contribution in [0.15, 0.2) is 30.3 Å². The molecule has 0 amide bonds. The van der Waals surface area contributed by atoms with Gasteiger partial charge in [-0.1, -0.05) is 13.0 Å². The Morgan fingerprint density at radius 1 is 1.35 bits per heavy atom. The molecule has 0 saturated heterocycles. The summed E-state index contributed by atoms with van der Waals surface area (Å²) < 4.78 is 25.8. The molecule has 6 nitrogen and oxygen atoms in total. The molecule has 1 aliphatic rings. The number of benzene rings is 1. The minimum Gasteiger partial charge on any atom is -0.506 e. The number of hydrogen-bond acceptors (Lipinski definition) is 4. The molecule has 1 heterocycles. The van der Waals surface area contributed by atoms with E-state index in [1.165, 1.54) is 12.1 Å². The van der Waals surface area contributed by atoms with E-state index in [0.717, 1.165) is 22.5 Å². The highest BCUT2D eigenvalue weighted by atomic mass is 32.2. The van der Waals surface area contributed by atoms with E-state index in [2.05, 4.69) is 0 Å². The third-order valence-electron chi connectivity index (χ3n) is 2.42. The molecule has 0 aliphatic carbocycles. The predicted octanol–water partition coefficient (Wildman–Crippen LogP) is 0.966. The molecule has 1 aromatic rings. The lowest BCUT2D eigenvalue weighted by molar-refractivity contribution is 0.392. The number of aliphatic hydroxyl groups excluding tert-OH is 1. The largest absolute Gasteiger partial charge is 0.506 e. The van der Waals surface area contributed by atoms with E-state index in [-0.39, 0.29) is 11.4 Å². The maximum absolute atomic E-state index is 11.6. The topological polar surface area (TPSA) is 89.9 Å². The smallest absolute Gasteiger partial charge is 0.330 e. The lowest BCUT2D eigenvalue weighted by Gasteiger charge is -2.15. The summed E-state index contributed by atoms with van der Waals surface area (Å²) in [6.07, 6.45) is 1.73. The second-order valence-electron chi connectivity index (χ2n) is 3.59. The first kappa shape index (κ1) is 11.6. The molecular weight excluding hydrogens is 244 g/mol. The molecule has 0 saturated carbocycles. The molecule has 0 radical (unpaired) electrons. The van der Waals surface area contributed by atoms with Crippen LogP contribution in [0.25, 0.3) is 0 Å². The first-order chi connectivity index (χ1) is 7.94. The molecule has 0 spiro atoms. The van der Waals surface area contributed by atoms with Crippen molar-refractivity contribution in [2.24, 2.45) is 0 Å². The van der Waals surface area contributed by atoms with Crippen LogP contribution in [-0.2, 0) is 16.6 Å². The van der Waals surface area contributed by atoms with Gasteiger partial charge in [0.05, 0.1) is 6.20 Å². The van der Waals surface area contributed by atoms with Gasteiger partial charge in [0, 0.05) is 0 Å². The van der Waals surface area contributed by atoms with Gasteiger partial charge in [0.1, 0.15) is 11.4 Å². The first-order valence-electron chi connectivity index (χ1n) is 4.99.